The molecule has 1 atom stereocenters. The van der Waals surface area contributed by atoms with Crippen LogP contribution in [0, 0.1) is 19.8 Å². The van der Waals surface area contributed by atoms with Crippen molar-refractivity contribution in [2.24, 2.45) is 5.92 Å². The molecule has 30 heavy (non-hydrogen) atoms. The number of carbonyl (C=O) groups excluding carboxylic acids is 2. The first-order chi connectivity index (χ1) is 14.2. The molecule has 0 aliphatic rings. The Balaban J connectivity index is 2.17. The Kier molecular flexibility index (Phi) is 8.72. The molecule has 0 bridgehead atoms. The zero-order valence-electron chi connectivity index (χ0n) is 18.4. The zero-order valence-corrected chi connectivity index (χ0v) is 19.1. The van der Waals surface area contributed by atoms with Crippen molar-refractivity contribution in [3.8, 4) is 5.75 Å². The van der Waals surface area contributed by atoms with Crippen LogP contribution >= 0.6 is 11.6 Å². The average molecular weight is 431 g/mol. The molecule has 0 fully saturated rings. The van der Waals surface area contributed by atoms with Crippen LogP contribution in [0.25, 0.3) is 0 Å². The molecule has 0 spiro atoms. The van der Waals surface area contributed by atoms with E-state index in [4.69, 9.17) is 16.3 Å². The standard InChI is InChI=1S/C24H31ClN2O3/c1-16(2)13-26-24(29)19(5)27(14-20-8-6-7-9-21(20)25)23(28)15-30-22-11-10-17(3)12-18(22)4/h6-12,16,19H,13-15H2,1-5H3,(H,26,29). The molecule has 2 rings (SSSR count). The summed E-state index contributed by atoms with van der Waals surface area (Å²) in [6.45, 7) is 10.3. The van der Waals surface area contributed by atoms with Crippen LogP contribution in [0.5, 0.6) is 5.75 Å². The van der Waals surface area contributed by atoms with Gasteiger partial charge < -0.3 is 15.0 Å². The normalized spacial score (nSPS) is 11.8. The Bertz CT molecular complexity index is 883. The number of rotatable bonds is 9. The lowest BCUT2D eigenvalue weighted by Gasteiger charge is -2.29. The maximum atomic E-state index is 13.1. The summed E-state index contributed by atoms with van der Waals surface area (Å²) < 4.78 is 5.77. The van der Waals surface area contributed by atoms with E-state index < -0.39 is 6.04 Å². The summed E-state index contributed by atoms with van der Waals surface area (Å²) in [4.78, 5) is 27.2. The number of aryl methyl sites for hydroxylation is 2. The van der Waals surface area contributed by atoms with Gasteiger partial charge in [0.1, 0.15) is 11.8 Å². The number of hydrogen-bond donors (Lipinski definition) is 1. The average Bonchev–Trinajstić information content (AvgIpc) is 2.70. The SMILES string of the molecule is Cc1ccc(OCC(=O)N(Cc2ccccc2Cl)C(C)C(=O)NCC(C)C)c(C)c1. The fourth-order valence-electron chi connectivity index (χ4n) is 3.03. The largest absolute Gasteiger partial charge is 0.483 e. The van der Waals surface area contributed by atoms with Gasteiger partial charge in [-0.2, -0.15) is 0 Å². The first kappa shape index (κ1) is 23.7. The van der Waals surface area contributed by atoms with E-state index in [1.54, 1.807) is 13.0 Å². The zero-order chi connectivity index (χ0) is 22.3. The second kappa shape index (κ2) is 11.0. The Morgan fingerprint density at radius 2 is 1.80 bits per heavy atom. The van der Waals surface area contributed by atoms with Crippen LogP contribution in [-0.4, -0.2) is 35.9 Å². The number of halogens is 1. The van der Waals surface area contributed by atoms with Crippen molar-refractivity contribution >= 4 is 23.4 Å². The van der Waals surface area contributed by atoms with Crippen molar-refractivity contribution in [2.75, 3.05) is 13.2 Å². The Labute approximate surface area is 184 Å². The van der Waals surface area contributed by atoms with E-state index in [-0.39, 0.29) is 25.0 Å². The van der Waals surface area contributed by atoms with Crippen molar-refractivity contribution < 1.29 is 14.3 Å². The molecule has 0 heterocycles. The van der Waals surface area contributed by atoms with Gasteiger partial charge in [0.2, 0.25) is 5.91 Å². The van der Waals surface area contributed by atoms with Crippen molar-refractivity contribution in [1.82, 2.24) is 10.2 Å². The minimum absolute atomic E-state index is 0.157. The summed E-state index contributed by atoms with van der Waals surface area (Å²) in [5.41, 5.74) is 2.87. The first-order valence-corrected chi connectivity index (χ1v) is 10.6. The lowest BCUT2D eigenvalue weighted by Crippen LogP contribution is -2.49. The topological polar surface area (TPSA) is 58.6 Å². The smallest absolute Gasteiger partial charge is 0.261 e. The van der Waals surface area contributed by atoms with E-state index in [2.05, 4.69) is 5.32 Å². The summed E-state index contributed by atoms with van der Waals surface area (Å²) in [6.07, 6.45) is 0. The molecule has 162 valence electrons. The maximum absolute atomic E-state index is 13.1. The van der Waals surface area contributed by atoms with Gasteiger partial charge in [-0.05, 0) is 49.9 Å². The van der Waals surface area contributed by atoms with Crippen LogP contribution in [0.1, 0.15) is 37.5 Å². The van der Waals surface area contributed by atoms with Crippen LogP contribution in [0.3, 0.4) is 0 Å². The second-order valence-electron chi connectivity index (χ2n) is 7.99. The Hall–Kier alpha value is -2.53. The first-order valence-electron chi connectivity index (χ1n) is 10.2. The van der Waals surface area contributed by atoms with Crippen molar-refractivity contribution in [2.45, 2.75) is 47.2 Å². The Morgan fingerprint density at radius 1 is 1.10 bits per heavy atom. The van der Waals surface area contributed by atoms with Crippen LogP contribution in [0.15, 0.2) is 42.5 Å². The molecule has 2 aromatic rings. The molecule has 1 N–H and O–H groups in total. The molecule has 0 aliphatic heterocycles. The molecular weight excluding hydrogens is 400 g/mol. The molecule has 6 heteroatoms. The third-order valence-electron chi connectivity index (χ3n) is 4.83. The summed E-state index contributed by atoms with van der Waals surface area (Å²) in [5.74, 6) is 0.503. The van der Waals surface area contributed by atoms with Crippen LogP contribution < -0.4 is 10.1 Å². The highest BCUT2D eigenvalue weighted by molar-refractivity contribution is 6.31. The molecule has 0 aromatic heterocycles. The van der Waals surface area contributed by atoms with Crippen molar-refractivity contribution in [3.63, 3.8) is 0 Å². The van der Waals surface area contributed by atoms with E-state index in [1.165, 1.54) is 4.90 Å². The fourth-order valence-corrected chi connectivity index (χ4v) is 3.22. The lowest BCUT2D eigenvalue weighted by molar-refractivity contribution is -0.142. The number of benzene rings is 2. The molecule has 0 saturated carbocycles. The van der Waals surface area contributed by atoms with Gasteiger partial charge in [-0.1, -0.05) is 61.3 Å². The number of nitrogens with zero attached hydrogens (tertiary/aromatic N) is 1. The van der Waals surface area contributed by atoms with Gasteiger partial charge in [-0.25, -0.2) is 0 Å². The summed E-state index contributed by atoms with van der Waals surface area (Å²) in [6, 6.07) is 12.5. The molecule has 0 radical (unpaired) electrons. The van der Waals surface area contributed by atoms with Gasteiger partial charge >= 0.3 is 0 Å². The highest BCUT2D eigenvalue weighted by atomic mass is 35.5. The van der Waals surface area contributed by atoms with Crippen LogP contribution in [0.4, 0.5) is 0 Å². The van der Waals surface area contributed by atoms with Crippen molar-refractivity contribution in [3.05, 3.63) is 64.2 Å². The minimum atomic E-state index is -0.657. The highest BCUT2D eigenvalue weighted by Crippen LogP contribution is 2.21. The van der Waals surface area contributed by atoms with E-state index in [0.29, 0.717) is 23.2 Å². The molecule has 0 saturated heterocycles. The van der Waals surface area contributed by atoms with E-state index in [1.807, 2.05) is 64.1 Å². The quantitative estimate of drug-likeness (QED) is 0.636. The summed E-state index contributed by atoms with van der Waals surface area (Å²) in [5, 5.41) is 3.46. The number of amides is 2. The van der Waals surface area contributed by atoms with Gasteiger partial charge in [0, 0.05) is 18.1 Å². The molecule has 2 amide bonds. The van der Waals surface area contributed by atoms with Crippen LogP contribution in [-0.2, 0) is 16.1 Å². The summed E-state index contributed by atoms with van der Waals surface area (Å²) >= 11 is 6.30. The summed E-state index contributed by atoms with van der Waals surface area (Å²) in [7, 11) is 0. The van der Waals surface area contributed by atoms with Gasteiger partial charge in [0.05, 0.1) is 0 Å². The fraction of sp³-hybridized carbons (Fsp3) is 0.417. The number of hydrogen-bond acceptors (Lipinski definition) is 3. The van der Waals surface area contributed by atoms with Crippen LogP contribution in [0.2, 0.25) is 5.02 Å². The highest BCUT2D eigenvalue weighted by Gasteiger charge is 2.27. The molecular formula is C24H31ClN2O3. The predicted molar refractivity (Wildman–Crippen MR) is 121 cm³/mol. The van der Waals surface area contributed by atoms with E-state index in [9.17, 15) is 9.59 Å². The Morgan fingerprint density at radius 3 is 2.43 bits per heavy atom. The second-order valence-corrected chi connectivity index (χ2v) is 8.39. The molecule has 5 nitrogen and oxygen atoms in total. The van der Waals surface area contributed by atoms with E-state index in [0.717, 1.165) is 16.7 Å². The van der Waals surface area contributed by atoms with Gasteiger partial charge in [-0.3, -0.25) is 9.59 Å². The molecule has 1 unspecified atom stereocenters. The minimum Gasteiger partial charge on any atom is -0.483 e. The lowest BCUT2D eigenvalue weighted by atomic mass is 10.1. The van der Waals surface area contributed by atoms with E-state index >= 15 is 0 Å². The van der Waals surface area contributed by atoms with Crippen molar-refractivity contribution in [1.29, 1.82) is 0 Å². The maximum Gasteiger partial charge on any atom is 0.261 e. The third kappa shape index (κ3) is 6.77. The molecule has 2 aromatic carbocycles. The number of ether oxygens (including phenoxy) is 1. The van der Waals surface area contributed by atoms with Gasteiger partial charge in [-0.15, -0.1) is 0 Å². The number of carbonyl (C=O) groups is 2. The third-order valence-corrected chi connectivity index (χ3v) is 5.20. The predicted octanol–water partition coefficient (Wildman–Crippen LogP) is 4.53. The number of nitrogens with one attached hydrogen (secondary N) is 1. The molecule has 0 aliphatic carbocycles. The van der Waals surface area contributed by atoms with Gasteiger partial charge in [0.15, 0.2) is 6.61 Å². The van der Waals surface area contributed by atoms with Gasteiger partial charge in [0.25, 0.3) is 5.91 Å². The monoisotopic (exact) mass is 430 g/mol.